The number of nitrogens with two attached hydrogens (primary N) is 1. The molecule has 24 heavy (non-hydrogen) atoms. The molecule has 0 aromatic heterocycles. The lowest BCUT2D eigenvalue weighted by Crippen LogP contribution is -2.59. The minimum Gasteiger partial charge on any atom is -0.390 e. The van der Waals surface area contributed by atoms with Crippen LogP contribution in [0.1, 0.15) is 39.0 Å². The maximum Gasteiger partial charge on any atom is 0.237 e. The van der Waals surface area contributed by atoms with Crippen molar-refractivity contribution >= 4 is 11.8 Å². The van der Waals surface area contributed by atoms with Crippen LogP contribution in [-0.2, 0) is 9.59 Å². The molecule has 0 saturated carbocycles. The number of hydrogen-bond donors (Lipinski definition) is 2. The van der Waals surface area contributed by atoms with Gasteiger partial charge in [-0.15, -0.1) is 0 Å². The number of nitrogens with zero attached hydrogens (tertiary/aromatic N) is 3. The fourth-order valence-corrected chi connectivity index (χ4v) is 4.93. The average molecular weight is 338 g/mol. The van der Waals surface area contributed by atoms with Gasteiger partial charge in [-0.1, -0.05) is 0 Å². The Bertz CT molecular complexity index is 510. The van der Waals surface area contributed by atoms with E-state index in [2.05, 4.69) is 9.80 Å². The standard InChI is InChI=1S/C17H30N4O3/c1-12(22)19(2)14-10-20(11-15(14)23)8-9-21-13-4-3-6-17(21,7-5-13)16(18)24/h13-15,23H,3-11H2,1-2H3,(H2,18,24)/t13-,14+,15+,17+/m1/s1. The fourth-order valence-electron chi connectivity index (χ4n) is 4.93. The number of amides is 2. The summed E-state index contributed by atoms with van der Waals surface area (Å²) < 4.78 is 0. The maximum absolute atomic E-state index is 12.1. The van der Waals surface area contributed by atoms with Crippen molar-refractivity contribution in [3.8, 4) is 0 Å². The zero-order valence-electron chi connectivity index (χ0n) is 14.8. The number of hydrogen-bond acceptors (Lipinski definition) is 5. The number of carbonyl (C=O) groups is 2. The van der Waals surface area contributed by atoms with Crippen LogP contribution in [0.25, 0.3) is 0 Å². The number of piperidine rings is 1. The number of fused-ring (bicyclic) bond motifs is 2. The number of primary amides is 1. The Labute approximate surface area is 143 Å². The molecule has 3 fully saturated rings. The van der Waals surface area contributed by atoms with E-state index in [1.807, 2.05) is 0 Å². The van der Waals surface area contributed by atoms with Gasteiger partial charge in [-0.2, -0.15) is 0 Å². The number of β-amino-alcohol motifs (C(OH)–C–C–N with tert-alkyl or cyclic N) is 1. The molecule has 136 valence electrons. The number of rotatable bonds is 5. The van der Waals surface area contributed by atoms with E-state index in [4.69, 9.17) is 5.73 Å². The third kappa shape index (κ3) is 2.93. The first-order valence-electron chi connectivity index (χ1n) is 9.05. The molecule has 0 aliphatic carbocycles. The second kappa shape index (κ2) is 6.61. The van der Waals surface area contributed by atoms with Gasteiger partial charge in [0.25, 0.3) is 0 Å². The molecule has 7 heteroatoms. The number of carbonyl (C=O) groups excluding carboxylic acids is 2. The highest BCUT2D eigenvalue weighted by molar-refractivity contribution is 5.85. The predicted molar refractivity (Wildman–Crippen MR) is 90.2 cm³/mol. The monoisotopic (exact) mass is 338 g/mol. The van der Waals surface area contributed by atoms with Crippen molar-refractivity contribution in [3.63, 3.8) is 0 Å². The molecule has 2 bridgehead atoms. The van der Waals surface area contributed by atoms with E-state index in [1.165, 1.54) is 6.92 Å². The van der Waals surface area contributed by atoms with Gasteiger partial charge in [0.15, 0.2) is 0 Å². The molecule has 3 heterocycles. The summed E-state index contributed by atoms with van der Waals surface area (Å²) in [5, 5.41) is 10.2. The van der Waals surface area contributed by atoms with Gasteiger partial charge < -0.3 is 15.7 Å². The molecule has 3 N–H and O–H groups in total. The van der Waals surface area contributed by atoms with E-state index in [-0.39, 0.29) is 17.9 Å². The lowest BCUT2D eigenvalue weighted by atomic mass is 9.87. The normalized spacial score (nSPS) is 36.9. The zero-order valence-corrected chi connectivity index (χ0v) is 14.8. The summed E-state index contributed by atoms with van der Waals surface area (Å²) in [5.41, 5.74) is 5.30. The number of likely N-dealkylation sites (N-methyl/N-ethyl adjacent to an activating group) is 1. The van der Waals surface area contributed by atoms with E-state index in [0.717, 1.165) is 45.2 Å². The van der Waals surface area contributed by atoms with E-state index in [9.17, 15) is 14.7 Å². The minimum atomic E-state index is -0.512. The molecule has 2 amide bonds. The highest BCUT2D eigenvalue weighted by atomic mass is 16.3. The first-order chi connectivity index (χ1) is 11.3. The lowest BCUT2D eigenvalue weighted by molar-refractivity contribution is -0.132. The van der Waals surface area contributed by atoms with Gasteiger partial charge in [0.05, 0.1) is 12.1 Å². The van der Waals surface area contributed by atoms with Gasteiger partial charge >= 0.3 is 0 Å². The number of aliphatic hydroxyl groups excluding tert-OH is 1. The predicted octanol–water partition coefficient (Wildman–Crippen LogP) is -0.618. The molecular weight excluding hydrogens is 308 g/mol. The van der Waals surface area contributed by atoms with Crippen molar-refractivity contribution in [1.29, 1.82) is 0 Å². The Kier molecular flexibility index (Phi) is 4.86. The van der Waals surface area contributed by atoms with Gasteiger partial charge in [-0.05, 0) is 32.1 Å². The molecule has 0 aromatic carbocycles. The molecule has 3 aliphatic rings. The van der Waals surface area contributed by atoms with Crippen LogP contribution in [0, 0.1) is 0 Å². The molecular formula is C17H30N4O3. The first-order valence-corrected chi connectivity index (χ1v) is 9.05. The van der Waals surface area contributed by atoms with Crippen molar-refractivity contribution in [1.82, 2.24) is 14.7 Å². The fraction of sp³-hybridized carbons (Fsp3) is 0.882. The maximum atomic E-state index is 12.1. The minimum absolute atomic E-state index is 0.0253. The van der Waals surface area contributed by atoms with Gasteiger partial charge in [0.2, 0.25) is 11.8 Å². The number of aliphatic hydroxyl groups is 1. The Morgan fingerprint density at radius 2 is 2.00 bits per heavy atom. The summed E-state index contributed by atoms with van der Waals surface area (Å²) in [6.07, 6.45) is 4.52. The SMILES string of the molecule is CC(=O)N(C)[C@H]1CN(CCN2[C@@H]3CCC[C@@]2(C(N)=O)CC3)C[C@@H]1O. The van der Waals surface area contributed by atoms with E-state index >= 15 is 0 Å². The molecule has 0 radical (unpaired) electrons. The molecule has 4 atom stereocenters. The Hall–Kier alpha value is -1.18. The van der Waals surface area contributed by atoms with Crippen LogP contribution in [0.2, 0.25) is 0 Å². The van der Waals surface area contributed by atoms with Crippen LogP contribution < -0.4 is 5.73 Å². The van der Waals surface area contributed by atoms with Gasteiger partial charge in [0.1, 0.15) is 5.54 Å². The Balaban J connectivity index is 1.60. The van der Waals surface area contributed by atoms with Crippen LogP contribution in [0.4, 0.5) is 0 Å². The van der Waals surface area contributed by atoms with Crippen LogP contribution in [0.15, 0.2) is 0 Å². The average Bonchev–Trinajstić information content (AvgIpc) is 2.98. The van der Waals surface area contributed by atoms with Crippen LogP contribution >= 0.6 is 0 Å². The molecule has 7 nitrogen and oxygen atoms in total. The summed E-state index contributed by atoms with van der Waals surface area (Å²) in [7, 11) is 1.74. The van der Waals surface area contributed by atoms with Gasteiger partial charge in [-0.25, -0.2) is 0 Å². The summed E-state index contributed by atoms with van der Waals surface area (Å²) in [5.74, 6) is -0.206. The smallest absolute Gasteiger partial charge is 0.237 e. The summed E-state index contributed by atoms with van der Waals surface area (Å²) >= 11 is 0. The quantitative estimate of drug-likeness (QED) is 0.697. The third-order valence-electron chi connectivity index (χ3n) is 6.45. The van der Waals surface area contributed by atoms with E-state index in [1.54, 1.807) is 11.9 Å². The Morgan fingerprint density at radius 1 is 1.25 bits per heavy atom. The van der Waals surface area contributed by atoms with E-state index in [0.29, 0.717) is 19.1 Å². The largest absolute Gasteiger partial charge is 0.390 e. The van der Waals surface area contributed by atoms with Gasteiger partial charge in [0, 0.05) is 46.2 Å². The van der Waals surface area contributed by atoms with Crippen molar-refractivity contribution in [2.24, 2.45) is 5.73 Å². The lowest BCUT2D eigenvalue weighted by Gasteiger charge is -2.43. The van der Waals surface area contributed by atoms with Gasteiger partial charge in [-0.3, -0.25) is 19.4 Å². The Morgan fingerprint density at radius 3 is 2.67 bits per heavy atom. The molecule has 3 aliphatic heterocycles. The highest BCUT2D eigenvalue weighted by Crippen LogP contribution is 2.43. The molecule has 0 unspecified atom stereocenters. The number of likely N-dealkylation sites (tertiary alicyclic amines) is 1. The highest BCUT2D eigenvalue weighted by Gasteiger charge is 2.52. The van der Waals surface area contributed by atoms with Crippen LogP contribution in [0.3, 0.4) is 0 Å². The summed E-state index contributed by atoms with van der Waals surface area (Å²) in [6, 6.07) is 0.320. The van der Waals surface area contributed by atoms with E-state index < -0.39 is 11.6 Å². The van der Waals surface area contributed by atoms with Crippen LogP contribution in [-0.4, -0.2) is 88.6 Å². The summed E-state index contributed by atoms with van der Waals surface area (Å²) in [6.45, 7) is 4.38. The third-order valence-corrected chi connectivity index (χ3v) is 6.45. The van der Waals surface area contributed by atoms with Crippen molar-refractivity contribution < 1.29 is 14.7 Å². The molecule has 3 rings (SSSR count). The van der Waals surface area contributed by atoms with Crippen molar-refractivity contribution in [2.75, 3.05) is 33.2 Å². The van der Waals surface area contributed by atoms with Crippen LogP contribution in [0.5, 0.6) is 0 Å². The topological polar surface area (TPSA) is 90.1 Å². The summed E-state index contributed by atoms with van der Waals surface area (Å²) in [4.78, 5) is 29.8. The van der Waals surface area contributed by atoms with Crippen molar-refractivity contribution in [3.05, 3.63) is 0 Å². The van der Waals surface area contributed by atoms with Crippen molar-refractivity contribution in [2.45, 2.75) is 62.8 Å². The first kappa shape index (κ1) is 17.6. The second-order valence-corrected chi connectivity index (χ2v) is 7.70. The zero-order chi connectivity index (χ0) is 17.5. The second-order valence-electron chi connectivity index (χ2n) is 7.70. The molecule has 0 spiro atoms. The molecule has 3 saturated heterocycles. The molecule has 0 aromatic rings.